The summed E-state index contributed by atoms with van der Waals surface area (Å²) in [5.41, 5.74) is 0. The van der Waals surface area contributed by atoms with Gasteiger partial charge in [0.05, 0.1) is 6.61 Å². The van der Waals surface area contributed by atoms with Crippen molar-refractivity contribution in [2.75, 3.05) is 13.2 Å². The number of esters is 2. The molecule has 0 spiro atoms. The lowest BCUT2D eigenvalue weighted by Gasteiger charge is -1.99. The van der Waals surface area contributed by atoms with Crippen LogP contribution in [0.5, 0.6) is 0 Å². The molecule has 0 fully saturated rings. The molecule has 0 heterocycles. The van der Waals surface area contributed by atoms with Gasteiger partial charge in [-0.3, -0.25) is 9.59 Å². The van der Waals surface area contributed by atoms with Crippen molar-refractivity contribution in [3.05, 3.63) is 0 Å². The van der Waals surface area contributed by atoms with Crippen LogP contribution in [0.4, 0.5) is 0 Å². The molecule has 6 heteroatoms. The number of carbonyl (C=O) groups is 4. The highest BCUT2D eigenvalue weighted by atomic mass is 16.6. The highest BCUT2D eigenvalue weighted by Crippen LogP contribution is 1.83. The van der Waals surface area contributed by atoms with E-state index in [2.05, 4.69) is 9.47 Å². The zero-order chi connectivity index (χ0) is 10.3. The van der Waals surface area contributed by atoms with Crippen molar-refractivity contribution in [1.82, 2.24) is 0 Å². The van der Waals surface area contributed by atoms with E-state index in [4.69, 9.17) is 0 Å². The minimum atomic E-state index is -1.20. The van der Waals surface area contributed by atoms with Crippen molar-refractivity contribution in [3.8, 4) is 0 Å². The summed E-state index contributed by atoms with van der Waals surface area (Å²) in [4.78, 5) is 41.2. The van der Waals surface area contributed by atoms with Crippen LogP contribution in [0.3, 0.4) is 0 Å². The van der Waals surface area contributed by atoms with Crippen LogP contribution in [0.25, 0.3) is 0 Å². The monoisotopic (exact) mass is 188 g/mol. The quantitative estimate of drug-likeness (QED) is 0.308. The van der Waals surface area contributed by atoms with E-state index in [0.717, 1.165) is 0 Å². The molecule has 0 amide bonds. The fourth-order valence-corrected chi connectivity index (χ4v) is 0.441. The standard InChI is InChI=1S/C7H8O6/c1-2-12-7(11)5(9)4-13-6(10)3-8/h3H,2,4H2,1H3. The number of aldehydes is 1. The number of rotatable bonds is 5. The van der Waals surface area contributed by atoms with E-state index in [0.29, 0.717) is 0 Å². The molecule has 0 aromatic rings. The molecule has 0 saturated carbocycles. The van der Waals surface area contributed by atoms with Crippen molar-refractivity contribution in [2.24, 2.45) is 0 Å². The van der Waals surface area contributed by atoms with Gasteiger partial charge in [-0.25, -0.2) is 9.59 Å². The first kappa shape index (κ1) is 11.3. The van der Waals surface area contributed by atoms with Gasteiger partial charge in [-0.2, -0.15) is 0 Å². The van der Waals surface area contributed by atoms with Crippen LogP contribution in [0.1, 0.15) is 6.92 Å². The Balaban J connectivity index is 3.80. The van der Waals surface area contributed by atoms with Crippen molar-refractivity contribution in [2.45, 2.75) is 6.92 Å². The van der Waals surface area contributed by atoms with Crippen LogP contribution in [0.2, 0.25) is 0 Å². The zero-order valence-electron chi connectivity index (χ0n) is 6.94. The fraction of sp³-hybridized carbons (Fsp3) is 0.429. The predicted octanol–water partition coefficient (Wildman–Crippen LogP) is -1.14. The molecular weight excluding hydrogens is 180 g/mol. The average Bonchev–Trinajstić information content (AvgIpc) is 2.13. The number of ketones is 1. The van der Waals surface area contributed by atoms with Crippen LogP contribution in [0, 0.1) is 0 Å². The van der Waals surface area contributed by atoms with Crippen molar-refractivity contribution in [3.63, 3.8) is 0 Å². The Labute approximate surface area is 73.8 Å². The summed E-state index contributed by atoms with van der Waals surface area (Å²) in [6, 6.07) is 0. The minimum Gasteiger partial charge on any atom is -0.460 e. The highest BCUT2D eigenvalue weighted by molar-refractivity contribution is 6.34. The summed E-state index contributed by atoms with van der Waals surface area (Å²) >= 11 is 0. The molecule has 72 valence electrons. The largest absolute Gasteiger partial charge is 0.460 e. The third-order valence-electron chi connectivity index (χ3n) is 0.945. The second-order valence-electron chi connectivity index (χ2n) is 1.87. The van der Waals surface area contributed by atoms with Crippen LogP contribution < -0.4 is 0 Å². The van der Waals surface area contributed by atoms with E-state index < -0.39 is 24.3 Å². The second-order valence-corrected chi connectivity index (χ2v) is 1.87. The summed E-state index contributed by atoms with van der Waals surface area (Å²) in [7, 11) is 0. The summed E-state index contributed by atoms with van der Waals surface area (Å²) in [5, 5.41) is 0. The van der Waals surface area contributed by atoms with Gasteiger partial charge in [-0.1, -0.05) is 0 Å². The molecular formula is C7H8O6. The lowest BCUT2D eigenvalue weighted by Crippen LogP contribution is -2.24. The summed E-state index contributed by atoms with van der Waals surface area (Å²) < 4.78 is 8.36. The normalized spacial score (nSPS) is 8.69. The molecule has 0 aliphatic heterocycles. The van der Waals surface area contributed by atoms with Crippen molar-refractivity contribution in [1.29, 1.82) is 0 Å². The molecule has 0 aliphatic rings. The molecule has 0 atom stereocenters. The minimum absolute atomic E-state index is 0.0617. The Bertz CT molecular complexity index is 231. The van der Waals surface area contributed by atoms with Gasteiger partial charge >= 0.3 is 11.9 Å². The van der Waals surface area contributed by atoms with Crippen LogP contribution in [0.15, 0.2) is 0 Å². The van der Waals surface area contributed by atoms with E-state index in [1.807, 2.05) is 0 Å². The number of carbonyl (C=O) groups excluding carboxylic acids is 4. The second kappa shape index (κ2) is 5.87. The number of hydrogen-bond acceptors (Lipinski definition) is 6. The third kappa shape index (κ3) is 4.67. The van der Waals surface area contributed by atoms with E-state index >= 15 is 0 Å². The molecule has 0 N–H and O–H groups in total. The first-order valence-electron chi connectivity index (χ1n) is 3.43. The van der Waals surface area contributed by atoms with Gasteiger partial charge in [0, 0.05) is 0 Å². The van der Waals surface area contributed by atoms with Gasteiger partial charge < -0.3 is 9.47 Å². The highest BCUT2D eigenvalue weighted by Gasteiger charge is 2.16. The van der Waals surface area contributed by atoms with Crippen LogP contribution in [-0.2, 0) is 28.7 Å². The molecule has 0 saturated heterocycles. The Morgan fingerprint density at radius 2 is 1.85 bits per heavy atom. The maximum atomic E-state index is 10.7. The summed E-state index contributed by atoms with van der Waals surface area (Å²) in [5.74, 6) is -3.28. The van der Waals surface area contributed by atoms with Gasteiger partial charge in [0.1, 0.15) is 0 Å². The van der Waals surface area contributed by atoms with Crippen LogP contribution >= 0.6 is 0 Å². The lowest BCUT2D eigenvalue weighted by molar-refractivity contribution is -0.159. The number of hydrogen-bond donors (Lipinski definition) is 0. The average molecular weight is 188 g/mol. The molecule has 0 aliphatic carbocycles. The Kier molecular flexibility index (Phi) is 5.09. The molecule has 0 aromatic heterocycles. The smallest absolute Gasteiger partial charge is 0.378 e. The van der Waals surface area contributed by atoms with Crippen LogP contribution in [-0.4, -0.2) is 37.2 Å². The van der Waals surface area contributed by atoms with Gasteiger partial charge in [-0.15, -0.1) is 0 Å². The third-order valence-corrected chi connectivity index (χ3v) is 0.945. The molecule has 0 rings (SSSR count). The Morgan fingerprint density at radius 1 is 1.23 bits per heavy atom. The van der Waals surface area contributed by atoms with Crippen molar-refractivity contribution >= 4 is 24.0 Å². The first-order chi connectivity index (χ1) is 6.11. The summed E-state index contributed by atoms with van der Waals surface area (Å²) in [6.07, 6.45) is -0.0988. The van der Waals surface area contributed by atoms with Crippen molar-refractivity contribution < 1.29 is 28.7 Å². The fourth-order valence-electron chi connectivity index (χ4n) is 0.441. The predicted molar refractivity (Wildman–Crippen MR) is 38.7 cm³/mol. The Morgan fingerprint density at radius 3 is 2.31 bits per heavy atom. The van der Waals surface area contributed by atoms with Gasteiger partial charge in [0.15, 0.2) is 6.61 Å². The van der Waals surface area contributed by atoms with E-state index in [-0.39, 0.29) is 12.9 Å². The van der Waals surface area contributed by atoms with Gasteiger partial charge in [0.25, 0.3) is 5.78 Å². The first-order valence-corrected chi connectivity index (χ1v) is 3.43. The Hall–Kier alpha value is -1.72. The number of ether oxygens (including phenoxy) is 2. The molecule has 0 radical (unpaired) electrons. The lowest BCUT2D eigenvalue weighted by atomic mass is 10.4. The van der Waals surface area contributed by atoms with E-state index in [9.17, 15) is 19.2 Å². The maximum absolute atomic E-state index is 10.7. The molecule has 0 unspecified atom stereocenters. The zero-order valence-corrected chi connectivity index (χ0v) is 6.94. The van der Waals surface area contributed by atoms with E-state index in [1.54, 1.807) is 0 Å². The number of Topliss-reactive ketones (excluding diaryl/α,β-unsaturated/α-hetero) is 1. The molecule has 0 aromatic carbocycles. The topological polar surface area (TPSA) is 86.7 Å². The van der Waals surface area contributed by atoms with E-state index in [1.165, 1.54) is 6.92 Å². The molecule has 0 bridgehead atoms. The van der Waals surface area contributed by atoms with Gasteiger partial charge in [-0.05, 0) is 6.92 Å². The SMILES string of the molecule is CCOC(=O)C(=O)COC(=O)C=O. The molecule has 6 nitrogen and oxygen atoms in total. The maximum Gasteiger partial charge on any atom is 0.378 e. The molecule has 13 heavy (non-hydrogen) atoms. The van der Waals surface area contributed by atoms with Gasteiger partial charge in [0.2, 0.25) is 6.29 Å². The summed E-state index contributed by atoms with van der Waals surface area (Å²) in [6.45, 7) is 0.825.